The average molecular weight is 298 g/mol. The van der Waals surface area contributed by atoms with Crippen molar-refractivity contribution in [1.29, 1.82) is 0 Å². The number of aliphatic imine (C=N–C) groups is 1. The molecule has 0 aliphatic heterocycles. The molecule has 0 radical (unpaired) electrons. The summed E-state index contributed by atoms with van der Waals surface area (Å²) >= 11 is 0. The minimum Gasteiger partial charge on any atom is -0.345 e. The summed E-state index contributed by atoms with van der Waals surface area (Å²) in [6, 6.07) is 9.13. The van der Waals surface area contributed by atoms with Crippen molar-refractivity contribution in [3.8, 4) is 0 Å². The highest BCUT2D eigenvalue weighted by Crippen LogP contribution is 2.31. The van der Waals surface area contributed by atoms with Crippen LogP contribution in [0.5, 0.6) is 0 Å². The number of benzene rings is 1. The van der Waals surface area contributed by atoms with Gasteiger partial charge in [0, 0.05) is 29.2 Å². The monoisotopic (exact) mass is 298 g/mol. The van der Waals surface area contributed by atoms with Crippen LogP contribution >= 0.6 is 0 Å². The molecule has 1 fully saturated rings. The van der Waals surface area contributed by atoms with Crippen molar-refractivity contribution in [3.63, 3.8) is 0 Å². The maximum Gasteiger partial charge on any atom is 0.123 e. The first kappa shape index (κ1) is 15.0. The van der Waals surface area contributed by atoms with Crippen LogP contribution in [-0.4, -0.2) is 10.8 Å². The molecule has 0 atom stereocenters. The molecule has 1 aromatic carbocycles. The summed E-state index contributed by atoms with van der Waals surface area (Å²) in [5, 5.41) is 0. The molecule has 2 aromatic rings. The Morgan fingerprint density at radius 2 is 1.77 bits per heavy atom. The van der Waals surface area contributed by atoms with Crippen molar-refractivity contribution in [2.75, 3.05) is 0 Å². The Balaban J connectivity index is 1.84. The van der Waals surface area contributed by atoms with Crippen LogP contribution < -0.4 is 0 Å². The molecule has 3 heteroatoms. The quantitative estimate of drug-likeness (QED) is 0.666. The van der Waals surface area contributed by atoms with Crippen molar-refractivity contribution in [1.82, 2.24) is 4.57 Å². The standard InChI is InChI=1S/C19H23FN2/c1-14-12-16(13-21-18-10-8-17(20)9-11-18)15(2)22(14)19-6-4-3-5-7-19/h8-13,19H,3-7H2,1-2H3. The van der Waals surface area contributed by atoms with Crippen LogP contribution in [-0.2, 0) is 0 Å². The average Bonchev–Trinajstić information content (AvgIpc) is 2.82. The van der Waals surface area contributed by atoms with Gasteiger partial charge < -0.3 is 4.57 Å². The van der Waals surface area contributed by atoms with E-state index in [1.807, 2.05) is 6.21 Å². The van der Waals surface area contributed by atoms with Crippen molar-refractivity contribution >= 4 is 11.9 Å². The van der Waals surface area contributed by atoms with Gasteiger partial charge in [-0.05, 0) is 57.0 Å². The first-order valence-corrected chi connectivity index (χ1v) is 8.13. The zero-order valence-corrected chi connectivity index (χ0v) is 13.3. The van der Waals surface area contributed by atoms with Gasteiger partial charge in [0.15, 0.2) is 0 Å². The van der Waals surface area contributed by atoms with Crippen LogP contribution in [0.25, 0.3) is 0 Å². The highest BCUT2D eigenvalue weighted by molar-refractivity contribution is 5.83. The number of aryl methyl sites for hydroxylation is 1. The van der Waals surface area contributed by atoms with E-state index < -0.39 is 0 Å². The van der Waals surface area contributed by atoms with Gasteiger partial charge >= 0.3 is 0 Å². The molecule has 1 aliphatic rings. The second kappa shape index (κ2) is 6.47. The molecule has 116 valence electrons. The number of hydrogen-bond donors (Lipinski definition) is 0. The molecule has 3 rings (SSSR count). The van der Waals surface area contributed by atoms with E-state index in [9.17, 15) is 4.39 Å². The lowest BCUT2D eigenvalue weighted by Gasteiger charge is -2.26. The van der Waals surface area contributed by atoms with Gasteiger partial charge in [0.1, 0.15) is 5.82 Å². The van der Waals surface area contributed by atoms with Gasteiger partial charge in [-0.2, -0.15) is 0 Å². The minimum absolute atomic E-state index is 0.227. The lowest BCUT2D eigenvalue weighted by molar-refractivity contribution is 0.346. The Hall–Kier alpha value is -1.90. The zero-order valence-electron chi connectivity index (χ0n) is 13.3. The van der Waals surface area contributed by atoms with Gasteiger partial charge in [-0.15, -0.1) is 0 Å². The van der Waals surface area contributed by atoms with Crippen LogP contribution in [0.1, 0.15) is 55.1 Å². The topological polar surface area (TPSA) is 17.3 Å². The van der Waals surface area contributed by atoms with E-state index in [4.69, 9.17) is 0 Å². The summed E-state index contributed by atoms with van der Waals surface area (Å²) in [5.74, 6) is -0.227. The molecular formula is C19H23FN2. The largest absolute Gasteiger partial charge is 0.345 e. The van der Waals surface area contributed by atoms with Crippen LogP contribution in [0.3, 0.4) is 0 Å². The fourth-order valence-electron chi connectivity index (χ4n) is 3.51. The number of nitrogens with zero attached hydrogens (tertiary/aromatic N) is 2. The minimum atomic E-state index is -0.227. The van der Waals surface area contributed by atoms with E-state index in [1.54, 1.807) is 12.1 Å². The van der Waals surface area contributed by atoms with Gasteiger partial charge in [-0.1, -0.05) is 19.3 Å². The molecule has 1 heterocycles. The summed E-state index contributed by atoms with van der Waals surface area (Å²) in [7, 11) is 0. The third kappa shape index (κ3) is 3.13. The molecule has 1 aromatic heterocycles. The normalized spacial score (nSPS) is 16.5. The van der Waals surface area contributed by atoms with E-state index in [2.05, 4.69) is 29.5 Å². The number of halogens is 1. The summed E-state index contributed by atoms with van der Waals surface area (Å²) in [5.41, 5.74) is 4.54. The maximum absolute atomic E-state index is 12.9. The van der Waals surface area contributed by atoms with Crippen molar-refractivity contribution in [2.45, 2.75) is 52.0 Å². The molecule has 0 spiro atoms. The smallest absolute Gasteiger partial charge is 0.123 e. The molecule has 0 saturated heterocycles. The highest BCUT2D eigenvalue weighted by atomic mass is 19.1. The van der Waals surface area contributed by atoms with Gasteiger partial charge in [-0.3, -0.25) is 4.99 Å². The van der Waals surface area contributed by atoms with Crippen molar-refractivity contribution in [3.05, 3.63) is 53.1 Å². The molecule has 2 nitrogen and oxygen atoms in total. The first-order chi connectivity index (χ1) is 10.6. The Kier molecular flexibility index (Phi) is 4.41. The Morgan fingerprint density at radius 3 is 2.45 bits per heavy atom. The van der Waals surface area contributed by atoms with Crippen LogP contribution in [0.4, 0.5) is 10.1 Å². The van der Waals surface area contributed by atoms with E-state index in [0.717, 1.165) is 11.3 Å². The number of rotatable bonds is 3. The van der Waals surface area contributed by atoms with Gasteiger partial charge in [0.25, 0.3) is 0 Å². The number of aromatic nitrogens is 1. The molecule has 1 aliphatic carbocycles. The molecule has 0 N–H and O–H groups in total. The highest BCUT2D eigenvalue weighted by Gasteiger charge is 2.19. The lowest BCUT2D eigenvalue weighted by Crippen LogP contribution is -2.15. The zero-order chi connectivity index (χ0) is 15.5. The second-order valence-corrected chi connectivity index (χ2v) is 6.22. The van der Waals surface area contributed by atoms with E-state index in [1.165, 1.54) is 55.6 Å². The molecule has 0 amide bonds. The third-order valence-electron chi connectivity index (χ3n) is 4.64. The predicted octanol–water partition coefficient (Wildman–Crippen LogP) is 5.50. The summed E-state index contributed by atoms with van der Waals surface area (Å²) < 4.78 is 15.4. The molecular weight excluding hydrogens is 275 g/mol. The molecule has 0 bridgehead atoms. The SMILES string of the molecule is Cc1cc(C=Nc2ccc(F)cc2)c(C)n1C1CCCCC1. The van der Waals surface area contributed by atoms with E-state index >= 15 is 0 Å². The van der Waals surface area contributed by atoms with E-state index in [0.29, 0.717) is 6.04 Å². The van der Waals surface area contributed by atoms with Gasteiger partial charge in [0.2, 0.25) is 0 Å². The van der Waals surface area contributed by atoms with Crippen LogP contribution in [0.2, 0.25) is 0 Å². The summed E-state index contributed by atoms with van der Waals surface area (Å²) in [6.07, 6.45) is 8.50. The fourth-order valence-corrected chi connectivity index (χ4v) is 3.51. The Morgan fingerprint density at radius 1 is 1.09 bits per heavy atom. The Labute approximate surface area is 131 Å². The second-order valence-electron chi connectivity index (χ2n) is 6.22. The maximum atomic E-state index is 12.9. The van der Waals surface area contributed by atoms with Crippen LogP contribution in [0.15, 0.2) is 35.3 Å². The fraction of sp³-hybridized carbons (Fsp3) is 0.421. The molecule has 22 heavy (non-hydrogen) atoms. The third-order valence-corrected chi connectivity index (χ3v) is 4.64. The summed E-state index contributed by atoms with van der Waals surface area (Å²) in [6.45, 7) is 4.35. The van der Waals surface area contributed by atoms with Gasteiger partial charge in [0.05, 0.1) is 5.69 Å². The molecule has 1 saturated carbocycles. The van der Waals surface area contributed by atoms with Crippen LogP contribution in [0, 0.1) is 19.7 Å². The van der Waals surface area contributed by atoms with Crippen molar-refractivity contribution < 1.29 is 4.39 Å². The first-order valence-electron chi connectivity index (χ1n) is 8.13. The lowest BCUT2D eigenvalue weighted by atomic mass is 9.95. The number of hydrogen-bond acceptors (Lipinski definition) is 1. The van der Waals surface area contributed by atoms with Gasteiger partial charge in [-0.25, -0.2) is 4.39 Å². The Bertz CT molecular complexity index is 661. The van der Waals surface area contributed by atoms with E-state index in [-0.39, 0.29) is 5.82 Å². The molecule has 0 unspecified atom stereocenters. The summed E-state index contributed by atoms with van der Waals surface area (Å²) in [4.78, 5) is 4.47. The van der Waals surface area contributed by atoms with Crippen molar-refractivity contribution in [2.24, 2.45) is 4.99 Å². The predicted molar refractivity (Wildman–Crippen MR) is 89.7 cm³/mol.